The maximum absolute atomic E-state index is 13.9. The number of halogens is 2. The van der Waals surface area contributed by atoms with E-state index in [0.29, 0.717) is 31.0 Å². The van der Waals surface area contributed by atoms with Gasteiger partial charge in [-0.15, -0.1) is 0 Å². The summed E-state index contributed by atoms with van der Waals surface area (Å²) >= 11 is 7.96. The molecule has 0 unspecified atom stereocenters. The predicted octanol–water partition coefficient (Wildman–Crippen LogP) is 2.67. The SMILES string of the molecule is CCOCCNc1ccc(C(N)=S)c(Br)c1F. The van der Waals surface area contributed by atoms with Gasteiger partial charge in [0, 0.05) is 18.7 Å². The molecule has 0 aliphatic heterocycles. The lowest BCUT2D eigenvalue weighted by molar-refractivity contribution is 0.158. The van der Waals surface area contributed by atoms with Gasteiger partial charge in [0.15, 0.2) is 5.82 Å². The fourth-order valence-corrected chi connectivity index (χ4v) is 2.14. The third-order valence-corrected chi connectivity index (χ3v) is 3.11. The van der Waals surface area contributed by atoms with Crippen molar-refractivity contribution in [3.05, 3.63) is 28.0 Å². The molecular formula is C11H14BrFN2OS. The fourth-order valence-electron chi connectivity index (χ4n) is 1.28. The monoisotopic (exact) mass is 320 g/mol. The van der Waals surface area contributed by atoms with Crippen molar-refractivity contribution in [1.29, 1.82) is 0 Å². The molecule has 6 heteroatoms. The van der Waals surface area contributed by atoms with Gasteiger partial charge in [-0.2, -0.15) is 0 Å². The van der Waals surface area contributed by atoms with Gasteiger partial charge >= 0.3 is 0 Å². The van der Waals surface area contributed by atoms with E-state index < -0.39 is 5.82 Å². The van der Waals surface area contributed by atoms with E-state index in [1.165, 1.54) is 0 Å². The number of thiocarbonyl (C=S) groups is 1. The molecule has 0 fully saturated rings. The second-order valence-corrected chi connectivity index (χ2v) is 4.51. The second kappa shape index (κ2) is 6.88. The molecule has 0 heterocycles. The van der Waals surface area contributed by atoms with Gasteiger partial charge in [0.05, 0.1) is 16.8 Å². The third-order valence-electron chi connectivity index (χ3n) is 2.11. The Bertz CT molecular complexity index is 415. The molecule has 0 amide bonds. The van der Waals surface area contributed by atoms with Crippen molar-refractivity contribution in [2.75, 3.05) is 25.1 Å². The van der Waals surface area contributed by atoms with Crippen LogP contribution in [0.3, 0.4) is 0 Å². The van der Waals surface area contributed by atoms with Crippen molar-refractivity contribution in [3.8, 4) is 0 Å². The van der Waals surface area contributed by atoms with Crippen LogP contribution in [0.15, 0.2) is 16.6 Å². The highest BCUT2D eigenvalue weighted by molar-refractivity contribution is 9.10. The second-order valence-electron chi connectivity index (χ2n) is 3.28. The molecule has 0 atom stereocenters. The summed E-state index contributed by atoms with van der Waals surface area (Å²) in [4.78, 5) is 0.164. The number of hydrogen-bond acceptors (Lipinski definition) is 3. The summed E-state index contributed by atoms with van der Waals surface area (Å²) in [6.45, 7) is 3.64. The average Bonchev–Trinajstić information content (AvgIpc) is 2.29. The van der Waals surface area contributed by atoms with E-state index in [-0.39, 0.29) is 9.46 Å². The molecule has 1 aromatic carbocycles. The van der Waals surface area contributed by atoms with Gasteiger partial charge in [0.2, 0.25) is 0 Å². The highest BCUT2D eigenvalue weighted by Gasteiger charge is 2.12. The Labute approximate surface area is 114 Å². The highest BCUT2D eigenvalue weighted by atomic mass is 79.9. The quantitative estimate of drug-likeness (QED) is 0.625. The summed E-state index contributed by atoms with van der Waals surface area (Å²) < 4.78 is 19.3. The van der Waals surface area contributed by atoms with Crippen LogP contribution in [0.4, 0.5) is 10.1 Å². The van der Waals surface area contributed by atoms with Gasteiger partial charge in [-0.3, -0.25) is 0 Å². The van der Waals surface area contributed by atoms with Gasteiger partial charge in [-0.25, -0.2) is 4.39 Å². The van der Waals surface area contributed by atoms with E-state index >= 15 is 0 Å². The standard InChI is InChI=1S/C11H14BrFN2OS/c1-2-16-6-5-15-8-4-3-7(11(14)17)9(12)10(8)13/h3-4,15H,2,5-6H2,1H3,(H2,14,17). The average molecular weight is 321 g/mol. The first-order valence-electron chi connectivity index (χ1n) is 5.17. The number of nitrogens with one attached hydrogen (secondary N) is 1. The van der Waals surface area contributed by atoms with Gasteiger partial charge in [-0.05, 0) is 35.0 Å². The Morgan fingerprint density at radius 3 is 2.88 bits per heavy atom. The van der Waals surface area contributed by atoms with E-state index in [2.05, 4.69) is 21.2 Å². The minimum absolute atomic E-state index is 0.164. The number of benzene rings is 1. The van der Waals surface area contributed by atoms with Gasteiger partial charge in [-0.1, -0.05) is 12.2 Å². The van der Waals surface area contributed by atoms with Crippen LogP contribution in [-0.4, -0.2) is 24.7 Å². The molecule has 0 aromatic heterocycles. The summed E-state index contributed by atoms with van der Waals surface area (Å²) in [7, 11) is 0. The number of hydrogen-bond donors (Lipinski definition) is 2. The predicted molar refractivity (Wildman–Crippen MR) is 75.0 cm³/mol. The lowest BCUT2D eigenvalue weighted by Crippen LogP contribution is -2.13. The van der Waals surface area contributed by atoms with Crippen LogP contribution in [0.25, 0.3) is 0 Å². The first-order chi connectivity index (χ1) is 8.07. The minimum Gasteiger partial charge on any atom is -0.389 e. The Hall–Kier alpha value is -0.720. The molecule has 0 aliphatic carbocycles. The summed E-state index contributed by atoms with van der Waals surface area (Å²) in [5.41, 5.74) is 6.36. The molecule has 3 nitrogen and oxygen atoms in total. The van der Waals surface area contributed by atoms with E-state index in [9.17, 15) is 4.39 Å². The first kappa shape index (κ1) is 14.3. The Morgan fingerprint density at radius 1 is 1.59 bits per heavy atom. The number of anilines is 1. The van der Waals surface area contributed by atoms with Crippen LogP contribution in [-0.2, 0) is 4.74 Å². The number of nitrogens with two attached hydrogens (primary N) is 1. The van der Waals surface area contributed by atoms with Gasteiger partial charge < -0.3 is 15.8 Å². The summed E-state index contributed by atoms with van der Waals surface area (Å²) in [5, 5.41) is 2.94. The molecule has 0 radical (unpaired) electrons. The fraction of sp³-hybridized carbons (Fsp3) is 0.364. The van der Waals surface area contributed by atoms with Crippen molar-refractivity contribution in [3.63, 3.8) is 0 Å². The van der Waals surface area contributed by atoms with Crippen LogP contribution < -0.4 is 11.1 Å². The molecule has 1 rings (SSSR count). The highest BCUT2D eigenvalue weighted by Crippen LogP contribution is 2.26. The molecule has 0 spiro atoms. The normalized spacial score (nSPS) is 10.3. The summed E-state index contributed by atoms with van der Waals surface area (Å²) in [6, 6.07) is 3.29. The molecule has 1 aromatic rings. The van der Waals surface area contributed by atoms with E-state index in [0.717, 1.165) is 0 Å². The summed E-state index contributed by atoms with van der Waals surface area (Å²) in [6.07, 6.45) is 0. The van der Waals surface area contributed by atoms with E-state index in [4.69, 9.17) is 22.7 Å². The van der Waals surface area contributed by atoms with Crippen LogP contribution in [0.1, 0.15) is 12.5 Å². The van der Waals surface area contributed by atoms with Crippen molar-refractivity contribution in [2.24, 2.45) is 5.73 Å². The third kappa shape index (κ3) is 3.90. The van der Waals surface area contributed by atoms with Crippen LogP contribution in [0.2, 0.25) is 0 Å². The minimum atomic E-state index is -0.396. The molecule has 0 saturated carbocycles. The largest absolute Gasteiger partial charge is 0.389 e. The molecule has 94 valence electrons. The first-order valence-corrected chi connectivity index (χ1v) is 6.37. The lowest BCUT2D eigenvalue weighted by Gasteiger charge is -2.11. The van der Waals surface area contributed by atoms with Gasteiger partial charge in [0.25, 0.3) is 0 Å². The molecule has 17 heavy (non-hydrogen) atoms. The molecular weight excluding hydrogens is 307 g/mol. The Balaban J connectivity index is 2.75. The zero-order chi connectivity index (χ0) is 12.8. The summed E-state index contributed by atoms with van der Waals surface area (Å²) in [5.74, 6) is -0.396. The Kier molecular flexibility index (Phi) is 5.80. The maximum Gasteiger partial charge on any atom is 0.161 e. The molecule has 0 saturated heterocycles. The van der Waals surface area contributed by atoms with Crippen LogP contribution in [0, 0.1) is 5.82 Å². The molecule has 0 bridgehead atoms. The van der Waals surface area contributed by atoms with Crippen molar-refractivity contribution < 1.29 is 9.13 Å². The van der Waals surface area contributed by atoms with Crippen LogP contribution in [0.5, 0.6) is 0 Å². The van der Waals surface area contributed by atoms with E-state index in [1.54, 1.807) is 12.1 Å². The lowest BCUT2D eigenvalue weighted by atomic mass is 10.2. The van der Waals surface area contributed by atoms with Gasteiger partial charge in [0.1, 0.15) is 4.99 Å². The zero-order valence-electron chi connectivity index (χ0n) is 9.43. The molecule has 3 N–H and O–H groups in total. The van der Waals surface area contributed by atoms with Crippen molar-refractivity contribution >= 4 is 38.8 Å². The Morgan fingerprint density at radius 2 is 2.29 bits per heavy atom. The van der Waals surface area contributed by atoms with E-state index in [1.807, 2.05) is 6.92 Å². The van der Waals surface area contributed by atoms with Crippen molar-refractivity contribution in [2.45, 2.75) is 6.92 Å². The van der Waals surface area contributed by atoms with Crippen LogP contribution >= 0.6 is 28.1 Å². The smallest absolute Gasteiger partial charge is 0.161 e. The maximum atomic E-state index is 13.9. The molecule has 0 aliphatic rings. The zero-order valence-corrected chi connectivity index (χ0v) is 11.8. The van der Waals surface area contributed by atoms with Crippen molar-refractivity contribution in [1.82, 2.24) is 0 Å². The number of rotatable bonds is 6. The topological polar surface area (TPSA) is 47.3 Å². The number of ether oxygens (including phenoxy) is 1.